The third-order valence-electron chi connectivity index (χ3n) is 4.51. The highest BCUT2D eigenvalue weighted by molar-refractivity contribution is 6.33. The Morgan fingerprint density at radius 1 is 0.971 bits per heavy atom. The second-order valence-electron chi connectivity index (χ2n) is 7.01. The first-order valence-electron chi connectivity index (χ1n) is 10.4. The van der Waals surface area contributed by atoms with Gasteiger partial charge in [-0.15, -0.1) is 0 Å². The Hall–Kier alpha value is -3.55. The lowest BCUT2D eigenvalue weighted by Gasteiger charge is -2.12. The maximum Gasteiger partial charge on any atom is 0.259 e. The van der Waals surface area contributed by atoms with Gasteiger partial charge >= 0.3 is 0 Å². The second kappa shape index (κ2) is 12.6. The number of carbonyl (C=O) groups excluding carboxylic acids is 2. The van der Waals surface area contributed by atoms with E-state index in [2.05, 4.69) is 15.8 Å². The first-order chi connectivity index (χ1) is 16.5. The van der Waals surface area contributed by atoms with Crippen molar-refractivity contribution in [2.24, 2.45) is 5.10 Å². The summed E-state index contributed by atoms with van der Waals surface area (Å²) < 4.78 is 11.6. The molecule has 9 heteroatoms. The second-order valence-corrected chi connectivity index (χ2v) is 7.85. The lowest BCUT2D eigenvalue weighted by molar-refractivity contribution is -0.120. The minimum Gasteiger partial charge on any atom is -0.490 e. The molecule has 0 aliphatic heterocycles. The highest BCUT2D eigenvalue weighted by Crippen LogP contribution is 2.29. The molecule has 2 N–H and O–H groups in total. The van der Waals surface area contributed by atoms with Crippen LogP contribution in [-0.2, 0) is 11.4 Å². The quantitative estimate of drug-likeness (QED) is 0.308. The van der Waals surface area contributed by atoms with E-state index in [0.29, 0.717) is 45.9 Å². The van der Waals surface area contributed by atoms with E-state index < -0.39 is 11.8 Å². The predicted octanol–water partition coefficient (Wildman–Crippen LogP) is 4.85. The van der Waals surface area contributed by atoms with Crippen molar-refractivity contribution in [3.63, 3.8) is 0 Å². The summed E-state index contributed by atoms with van der Waals surface area (Å²) in [6.45, 7) is 2.45. The van der Waals surface area contributed by atoms with Crippen LogP contribution in [0.15, 0.2) is 71.8 Å². The van der Waals surface area contributed by atoms with Gasteiger partial charge in [-0.25, -0.2) is 5.43 Å². The first-order valence-corrected chi connectivity index (χ1v) is 11.2. The van der Waals surface area contributed by atoms with E-state index in [1.165, 1.54) is 6.21 Å². The van der Waals surface area contributed by atoms with Crippen LogP contribution < -0.4 is 20.2 Å². The minimum atomic E-state index is -0.482. The molecule has 0 aromatic heterocycles. The van der Waals surface area contributed by atoms with E-state index >= 15 is 0 Å². The Labute approximate surface area is 207 Å². The molecule has 0 saturated heterocycles. The van der Waals surface area contributed by atoms with Crippen LogP contribution in [0.2, 0.25) is 10.0 Å². The van der Waals surface area contributed by atoms with Gasteiger partial charge in [0, 0.05) is 5.02 Å². The summed E-state index contributed by atoms with van der Waals surface area (Å²) in [5.74, 6) is 0.212. The Bertz CT molecular complexity index is 1170. The lowest BCUT2D eigenvalue weighted by atomic mass is 10.2. The Kier molecular flexibility index (Phi) is 9.31. The zero-order valence-electron chi connectivity index (χ0n) is 18.4. The molecule has 0 spiro atoms. The van der Waals surface area contributed by atoms with Crippen molar-refractivity contribution in [3.05, 3.63) is 93.5 Å². The third-order valence-corrected chi connectivity index (χ3v) is 5.09. The van der Waals surface area contributed by atoms with Gasteiger partial charge in [0.1, 0.15) is 6.61 Å². The fraction of sp³-hybridized carbons (Fsp3) is 0.160. The van der Waals surface area contributed by atoms with Gasteiger partial charge in [-0.1, -0.05) is 47.5 Å². The average Bonchev–Trinajstić information content (AvgIpc) is 2.83. The number of ether oxygens (including phenoxy) is 2. The number of hydrogen-bond acceptors (Lipinski definition) is 5. The molecule has 3 aromatic rings. The van der Waals surface area contributed by atoms with E-state index in [-0.39, 0.29) is 6.54 Å². The number of halogens is 2. The monoisotopic (exact) mass is 499 g/mol. The molecule has 176 valence electrons. The van der Waals surface area contributed by atoms with Gasteiger partial charge < -0.3 is 14.8 Å². The zero-order valence-corrected chi connectivity index (χ0v) is 19.9. The fourth-order valence-corrected chi connectivity index (χ4v) is 3.20. The smallest absolute Gasteiger partial charge is 0.259 e. The topological polar surface area (TPSA) is 89.0 Å². The van der Waals surface area contributed by atoms with Crippen LogP contribution in [0.4, 0.5) is 0 Å². The minimum absolute atomic E-state index is 0.247. The molecule has 0 saturated carbocycles. The zero-order chi connectivity index (χ0) is 24.3. The van der Waals surface area contributed by atoms with Gasteiger partial charge in [-0.2, -0.15) is 5.10 Å². The number of benzene rings is 3. The summed E-state index contributed by atoms with van der Waals surface area (Å²) in [4.78, 5) is 24.1. The maximum absolute atomic E-state index is 12.1. The molecule has 7 nitrogen and oxygen atoms in total. The normalized spacial score (nSPS) is 10.7. The summed E-state index contributed by atoms with van der Waals surface area (Å²) in [7, 11) is 0. The Balaban J connectivity index is 1.53. The van der Waals surface area contributed by atoms with Gasteiger partial charge in [-0.05, 0) is 60.5 Å². The van der Waals surface area contributed by atoms with Crippen molar-refractivity contribution in [1.82, 2.24) is 10.7 Å². The van der Waals surface area contributed by atoms with Crippen LogP contribution in [0, 0.1) is 0 Å². The standard InChI is InChI=1S/C25H23Cl2N3O4/c1-2-33-23-13-18(9-12-22(23)34-16-17-7-10-19(26)11-8-17)14-29-30-24(31)15-28-25(32)20-5-3-4-6-21(20)27/h3-14H,2,15-16H2,1H3,(H,28,32)(H,30,31)/b29-14+. The largest absolute Gasteiger partial charge is 0.490 e. The number of amides is 2. The van der Waals surface area contributed by atoms with Crippen molar-refractivity contribution in [2.75, 3.05) is 13.2 Å². The van der Waals surface area contributed by atoms with Gasteiger partial charge in [-0.3, -0.25) is 9.59 Å². The maximum atomic E-state index is 12.1. The first kappa shape index (κ1) is 25.1. The van der Waals surface area contributed by atoms with Crippen LogP contribution in [0.3, 0.4) is 0 Å². The number of carbonyl (C=O) groups is 2. The molecule has 0 aliphatic carbocycles. The molecular formula is C25H23Cl2N3O4. The van der Waals surface area contributed by atoms with E-state index in [1.807, 2.05) is 19.1 Å². The summed E-state index contributed by atoms with van der Waals surface area (Å²) in [5, 5.41) is 7.40. The van der Waals surface area contributed by atoms with Crippen LogP contribution in [-0.4, -0.2) is 31.2 Å². The van der Waals surface area contributed by atoms with E-state index in [9.17, 15) is 9.59 Å². The predicted molar refractivity (Wildman–Crippen MR) is 133 cm³/mol. The molecule has 2 amide bonds. The molecule has 3 aromatic carbocycles. The molecule has 0 fully saturated rings. The molecule has 0 unspecified atom stereocenters. The number of hydrogen-bond donors (Lipinski definition) is 2. The van der Waals surface area contributed by atoms with Crippen LogP contribution >= 0.6 is 23.2 Å². The molecule has 0 bridgehead atoms. The van der Waals surface area contributed by atoms with Crippen molar-refractivity contribution in [1.29, 1.82) is 0 Å². The summed E-state index contributed by atoms with van der Waals surface area (Å²) in [6, 6.07) is 19.3. The van der Waals surface area contributed by atoms with Gasteiger partial charge in [0.05, 0.1) is 30.0 Å². The number of nitrogens with one attached hydrogen (secondary N) is 2. The van der Waals surface area contributed by atoms with Crippen molar-refractivity contribution in [3.8, 4) is 11.5 Å². The molecule has 3 rings (SSSR count). The average molecular weight is 500 g/mol. The van der Waals surface area contributed by atoms with Crippen LogP contribution in [0.5, 0.6) is 11.5 Å². The molecular weight excluding hydrogens is 477 g/mol. The van der Waals surface area contributed by atoms with Gasteiger partial charge in [0.25, 0.3) is 11.8 Å². The SMILES string of the molecule is CCOc1cc(/C=N/NC(=O)CNC(=O)c2ccccc2Cl)ccc1OCc1ccc(Cl)cc1. The Morgan fingerprint density at radius 3 is 2.47 bits per heavy atom. The molecule has 0 radical (unpaired) electrons. The lowest BCUT2D eigenvalue weighted by Crippen LogP contribution is -2.35. The van der Waals surface area contributed by atoms with Crippen molar-refractivity contribution < 1.29 is 19.1 Å². The fourth-order valence-electron chi connectivity index (χ4n) is 2.85. The highest BCUT2D eigenvalue weighted by atomic mass is 35.5. The van der Waals surface area contributed by atoms with Gasteiger partial charge in [0.15, 0.2) is 11.5 Å². The Morgan fingerprint density at radius 2 is 1.74 bits per heavy atom. The number of hydrazone groups is 1. The van der Waals surface area contributed by atoms with Crippen molar-refractivity contribution >= 4 is 41.2 Å². The molecule has 0 aliphatic rings. The number of rotatable bonds is 10. The van der Waals surface area contributed by atoms with Crippen LogP contribution in [0.1, 0.15) is 28.4 Å². The molecule has 0 heterocycles. The van der Waals surface area contributed by atoms with E-state index in [1.54, 1.807) is 54.6 Å². The van der Waals surface area contributed by atoms with E-state index in [4.69, 9.17) is 32.7 Å². The summed E-state index contributed by atoms with van der Waals surface area (Å²) in [6.07, 6.45) is 1.47. The van der Waals surface area contributed by atoms with Crippen molar-refractivity contribution in [2.45, 2.75) is 13.5 Å². The summed E-state index contributed by atoms with van der Waals surface area (Å²) >= 11 is 11.9. The molecule has 0 atom stereocenters. The third kappa shape index (κ3) is 7.50. The molecule has 34 heavy (non-hydrogen) atoms. The van der Waals surface area contributed by atoms with Gasteiger partial charge in [0.2, 0.25) is 0 Å². The van der Waals surface area contributed by atoms with Crippen LogP contribution in [0.25, 0.3) is 0 Å². The van der Waals surface area contributed by atoms with E-state index in [0.717, 1.165) is 5.56 Å². The number of nitrogens with zero attached hydrogens (tertiary/aromatic N) is 1. The highest BCUT2D eigenvalue weighted by Gasteiger charge is 2.11. The summed E-state index contributed by atoms with van der Waals surface area (Å²) in [5.41, 5.74) is 4.33.